The summed E-state index contributed by atoms with van der Waals surface area (Å²) in [4.78, 5) is 23.7. The fraction of sp³-hybridized carbons (Fsp3) is 0.294. The zero-order valence-electron chi connectivity index (χ0n) is 13.4. The number of benzene rings is 1. The Bertz CT molecular complexity index is 695. The summed E-state index contributed by atoms with van der Waals surface area (Å²) in [5.41, 5.74) is 0.626. The van der Waals surface area contributed by atoms with E-state index in [1.807, 2.05) is 0 Å². The van der Waals surface area contributed by atoms with Crippen LogP contribution in [0.1, 0.15) is 17.5 Å². The first-order valence-corrected chi connectivity index (χ1v) is 7.34. The molecule has 24 heavy (non-hydrogen) atoms. The number of hydrogen-bond donors (Lipinski definition) is 1. The first-order valence-electron chi connectivity index (χ1n) is 7.34. The monoisotopic (exact) mass is 335 g/mol. The summed E-state index contributed by atoms with van der Waals surface area (Å²) in [6, 6.07) is 8.68. The molecule has 2 aromatic rings. The Hall–Kier alpha value is -2.67. The highest BCUT2D eigenvalue weighted by atomic mass is 19.1. The third kappa shape index (κ3) is 4.66. The Morgan fingerprint density at radius 3 is 2.58 bits per heavy atom. The number of carbonyl (C=O) groups excluding carboxylic acids is 2. The zero-order valence-corrected chi connectivity index (χ0v) is 13.4. The molecule has 0 fully saturated rings. The van der Waals surface area contributed by atoms with Crippen molar-refractivity contribution in [2.24, 2.45) is 0 Å². The van der Waals surface area contributed by atoms with Crippen LogP contribution in [0.25, 0.3) is 11.3 Å². The highest BCUT2D eigenvalue weighted by Gasteiger charge is 2.21. The Morgan fingerprint density at radius 2 is 1.92 bits per heavy atom. The number of esters is 1. The van der Waals surface area contributed by atoms with Gasteiger partial charge in [0.1, 0.15) is 11.6 Å². The first-order chi connectivity index (χ1) is 11.5. The van der Waals surface area contributed by atoms with Gasteiger partial charge in [0.15, 0.2) is 6.10 Å². The lowest BCUT2D eigenvalue weighted by Gasteiger charge is -2.12. The lowest BCUT2D eigenvalue weighted by molar-refractivity contribution is -0.129. The second-order valence-electron chi connectivity index (χ2n) is 5.00. The van der Waals surface area contributed by atoms with Crippen LogP contribution in [0.3, 0.4) is 0 Å². The normalized spacial score (nSPS) is 11.8. The molecule has 1 atom stereocenters. The lowest BCUT2D eigenvalue weighted by Crippen LogP contribution is -2.37. The summed E-state index contributed by atoms with van der Waals surface area (Å²) in [6.07, 6.45) is -0.964. The highest BCUT2D eigenvalue weighted by molar-refractivity contribution is 5.90. The molecule has 1 aromatic heterocycles. The maximum absolute atomic E-state index is 12.9. The molecule has 0 aliphatic heterocycles. The molecule has 1 amide bonds. The van der Waals surface area contributed by atoms with Crippen molar-refractivity contribution in [2.45, 2.75) is 13.0 Å². The van der Waals surface area contributed by atoms with Gasteiger partial charge in [-0.05, 0) is 43.3 Å². The Labute approximate surface area is 138 Å². The highest BCUT2D eigenvalue weighted by Crippen LogP contribution is 2.23. The average Bonchev–Trinajstić information content (AvgIpc) is 3.05. The summed E-state index contributed by atoms with van der Waals surface area (Å²) in [5.74, 6) is -1.17. The van der Waals surface area contributed by atoms with E-state index in [4.69, 9.17) is 13.9 Å². The summed E-state index contributed by atoms with van der Waals surface area (Å²) in [7, 11) is 1.52. The van der Waals surface area contributed by atoms with E-state index in [2.05, 4.69) is 5.32 Å². The van der Waals surface area contributed by atoms with Crippen LogP contribution in [0.4, 0.5) is 4.39 Å². The number of methoxy groups -OCH3 is 1. The second-order valence-corrected chi connectivity index (χ2v) is 5.00. The Kier molecular flexibility index (Phi) is 6.08. The van der Waals surface area contributed by atoms with Crippen LogP contribution in [0.5, 0.6) is 0 Å². The van der Waals surface area contributed by atoms with Gasteiger partial charge in [-0.2, -0.15) is 0 Å². The van der Waals surface area contributed by atoms with E-state index in [1.165, 1.54) is 44.4 Å². The fourth-order valence-electron chi connectivity index (χ4n) is 1.91. The zero-order chi connectivity index (χ0) is 17.5. The molecule has 0 saturated heterocycles. The quantitative estimate of drug-likeness (QED) is 0.621. The minimum Gasteiger partial charge on any atom is -0.449 e. The molecule has 0 spiro atoms. The van der Waals surface area contributed by atoms with Crippen molar-refractivity contribution in [1.29, 1.82) is 0 Å². The summed E-state index contributed by atoms with van der Waals surface area (Å²) >= 11 is 0. The molecule has 0 saturated carbocycles. The Balaban J connectivity index is 1.95. The number of halogens is 1. The van der Waals surface area contributed by atoms with Gasteiger partial charge >= 0.3 is 5.97 Å². The number of nitrogens with one attached hydrogen (secondary N) is 1. The minimum atomic E-state index is -0.964. The molecule has 0 bridgehead atoms. The van der Waals surface area contributed by atoms with E-state index >= 15 is 0 Å². The van der Waals surface area contributed by atoms with Gasteiger partial charge in [-0.25, -0.2) is 9.18 Å². The summed E-state index contributed by atoms with van der Waals surface area (Å²) < 4.78 is 28.2. The number of amides is 1. The standard InChI is InChI=1S/C17H18FNO5/c1-11(16(20)19-9-10-22-2)23-17(21)15-8-7-14(24-15)12-3-5-13(18)6-4-12/h3-8,11H,9-10H2,1-2H3,(H,19,20)/t11-/m0/s1. The molecule has 0 aliphatic carbocycles. The summed E-state index contributed by atoms with van der Waals surface area (Å²) in [6.45, 7) is 2.15. The van der Waals surface area contributed by atoms with Crippen molar-refractivity contribution in [3.63, 3.8) is 0 Å². The lowest BCUT2D eigenvalue weighted by atomic mass is 10.2. The molecule has 2 rings (SSSR count). The van der Waals surface area contributed by atoms with Gasteiger partial charge in [-0.3, -0.25) is 4.79 Å². The SMILES string of the molecule is COCCNC(=O)[C@H](C)OC(=O)c1ccc(-c2ccc(F)cc2)o1. The van der Waals surface area contributed by atoms with Gasteiger partial charge in [-0.1, -0.05) is 0 Å². The molecule has 0 radical (unpaired) electrons. The maximum Gasteiger partial charge on any atom is 0.375 e. The predicted molar refractivity (Wildman–Crippen MR) is 83.9 cm³/mol. The van der Waals surface area contributed by atoms with Crippen LogP contribution in [0.2, 0.25) is 0 Å². The van der Waals surface area contributed by atoms with Gasteiger partial charge in [0.25, 0.3) is 5.91 Å². The van der Waals surface area contributed by atoms with Crippen LogP contribution in [-0.4, -0.2) is 38.2 Å². The molecular weight excluding hydrogens is 317 g/mol. The predicted octanol–water partition coefficient (Wildman–Crippen LogP) is 2.39. The van der Waals surface area contributed by atoms with Crippen molar-refractivity contribution >= 4 is 11.9 Å². The van der Waals surface area contributed by atoms with E-state index in [0.29, 0.717) is 24.5 Å². The van der Waals surface area contributed by atoms with Crippen molar-refractivity contribution in [2.75, 3.05) is 20.3 Å². The number of carbonyl (C=O) groups is 2. The van der Waals surface area contributed by atoms with Crippen molar-refractivity contribution in [3.8, 4) is 11.3 Å². The molecule has 1 aromatic carbocycles. The largest absolute Gasteiger partial charge is 0.449 e. The van der Waals surface area contributed by atoms with Gasteiger partial charge in [0.05, 0.1) is 6.61 Å². The molecule has 6 nitrogen and oxygen atoms in total. The second kappa shape index (κ2) is 8.26. The van der Waals surface area contributed by atoms with E-state index in [0.717, 1.165) is 0 Å². The minimum absolute atomic E-state index is 0.0362. The van der Waals surface area contributed by atoms with Crippen LogP contribution in [0.15, 0.2) is 40.8 Å². The maximum atomic E-state index is 12.9. The fourth-order valence-corrected chi connectivity index (χ4v) is 1.91. The van der Waals surface area contributed by atoms with E-state index < -0.39 is 18.0 Å². The van der Waals surface area contributed by atoms with Crippen LogP contribution >= 0.6 is 0 Å². The first kappa shape index (κ1) is 17.7. The number of hydrogen-bond acceptors (Lipinski definition) is 5. The topological polar surface area (TPSA) is 77.8 Å². The number of furan rings is 1. The molecular formula is C17H18FNO5. The van der Waals surface area contributed by atoms with Crippen molar-refractivity contribution < 1.29 is 27.9 Å². The smallest absolute Gasteiger partial charge is 0.375 e. The summed E-state index contributed by atoms with van der Waals surface area (Å²) in [5, 5.41) is 2.57. The van der Waals surface area contributed by atoms with Crippen molar-refractivity contribution in [1.82, 2.24) is 5.32 Å². The van der Waals surface area contributed by atoms with Gasteiger partial charge in [-0.15, -0.1) is 0 Å². The van der Waals surface area contributed by atoms with Gasteiger partial charge < -0.3 is 19.2 Å². The van der Waals surface area contributed by atoms with Crippen LogP contribution in [0, 0.1) is 5.82 Å². The van der Waals surface area contributed by atoms with E-state index in [9.17, 15) is 14.0 Å². The average molecular weight is 335 g/mol. The molecule has 128 valence electrons. The van der Waals surface area contributed by atoms with Crippen LogP contribution in [-0.2, 0) is 14.3 Å². The number of rotatable bonds is 7. The van der Waals surface area contributed by atoms with Crippen molar-refractivity contribution in [3.05, 3.63) is 48.0 Å². The molecule has 0 aliphatic rings. The third-order valence-electron chi connectivity index (χ3n) is 3.19. The van der Waals surface area contributed by atoms with E-state index in [-0.39, 0.29) is 11.6 Å². The molecule has 7 heteroatoms. The number of ether oxygens (including phenoxy) is 2. The van der Waals surface area contributed by atoms with Gasteiger partial charge in [0, 0.05) is 19.2 Å². The van der Waals surface area contributed by atoms with Gasteiger partial charge in [0.2, 0.25) is 5.76 Å². The molecule has 1 heterocycles. The molecule has 1 N–H and O–H groups in total. The Morgan fingerprint density at radius 1 is 1.21 bits per heavy atom. The third-order valence-corrected chi connectivity index (χ3v) is 3.19. The van der Waals surface area contributed by atoms with Crippen LogP contribution < -0.4 is 5.32 Å². The molecule has 0 unspecified atom stereocenters. The van der Waals surface area contributed by atoms with E-state index in [1.54, 1.807) is 6.07 Å².